The van der Waals surface area contributed by atoms with E-state index in [9.17, 15) is 14.7 Å². The summed E-state index contributed by atoms with van der Waals surface area (Å²) in [6.07, 6.45) is 8.48. The molecule has 4 atom stereocenters. The first-order valence-electron chi connectivity index (χ1n) is 17.0. The van der Waals surface area contributed by atoms with Crippen LogP contribution in [0.5, 0.6) is 0 Å². The van der Waals surface area contributed by atoms with Gasteiger partial charge in [0.25, 0.3) is 0 Å². The standard InChI is InChI=1S/C36H52N4O5/c1-27(42)37-18-4-2-3-9-35(43)38-23-28-10-16-31(17-11-28)36-44-33(22-34(45-36)30-14-12-29(26-41)13-15-30)25-40-21-7-8-32(40)24-39-19-5-6-20-39/h10-17,32-34,36,41H,2-9,18-26H2,1H3,(H,37,42)(H,38,43)/t32-,33-,34+,36+/m0/s1. The van der Waals surface area contributed by atoms with Gasteiger partial charge in [-0.25, -0.2) is 0 Å². The summed E-state index contributed by atoms with van der Waals surface area (Å²) < 4.78 is 13.2. The van der Waals surface area contributed by atoms with Crippen molar-refractivity contribution in [3.05, 3.63) is 70.8 Å². The number of aliphatic hydroxyl groups excluding tert-OH is 1. The van der Waals surface area contributed by atoms with Crippen molar-refractivity contribution in [3.8, 4) is 0 Å². The van der Waals surface area contributed by atoms with Crippen LogP contribution in [-0.4, -0.2) is 78.1 Å². The van der Waals surface area contributed by atoms with E-state index in [0.29, 0.717) is 25.6 Å². The highest BCUT2D eigenvalue weighted by atomic mass is 16.7. The van der Waals surface area contributed by atoms with Crippen LogP contribution in [0.2, 0.25) is 0 Å². The maximum absolute atomic E-state index is 12.3. The van der Waals surface area contributed by atoms with Gasteiger partial charge in [-0.1, -0.05) is 55.0 Å². The normalized spacial score (nSPS) is 24.1. The lowest BCUT2D eigenvalue weighted by molar-refractivity contribution is -0.253. The molecule has 3 N–H and O–H groups in total. The van der Waals surface area contributed by atoms with E-state index in [2.05, 4.69) is 44.7 Å². The summed E-state index contributed by atoms with van der Waals surface area (Å²) in [7, 11) is 0. The zero-order chi connectivity index (χ0) is 31.4. The zero-order valence-electron chi connectivity index (χ0n) is 26.9. The Kier molecular flexibility index (Phi) is 12.8. The zero-order valence-corrected chi connectivity index (χ0v) is 26.9. The van der Waals surface area contributed by atoms with Crippen LogP contribution in [0.25, 0.3) is 0 Å². The van der Waals surface area contributed by atoms with E-state index in [0.717, 1.165) is 67.6 Å². The summed E-state index contributed by atoms with van der Waals surface area (Å²) in [5, 5.41) is 15.3. The van der Waals surface area contributed by atoms with E-state index in [1.165, 1.54) is 45.7 Å². The average molecular weight is 621 g/mol. The molecule has 5 rings (SSSR count). The first-order chi connectivity index (χ1) is 22.0. The maximum atomic E-state index is 12.3. The van der Waals surface area contributed by atoms with Crippen molar-refractivity contribution in [2.24, 2.45) is 0 Å². The number of rotatable bonds is 15. The summed E-state index contributed by atoms with van der Waals surface area (Å²) in [6, 6.07) is 16.8. The molecule has 3 fully saturated rings. The van der Waals surface area contributed by atoms with Gasteiger partial charge >= 0.3 is 0 Å². The van der Waals surface area contributed by atoms with Crippen LogP contribution in [-0.2, 0) is 32.2 Å². The molecular formula is C36H52N4O5. The highest BCUT2D eigenvalue weighted by Gasteiger charge is 2.36. The second-order valence-corrected chi connectivity index (χ2v) is 13.0. The van der Waals surface area contributed by atoms with Crippen molar-refractivity contribution in [2.75, 3.05) is 39.3 Å². The number of aliphatic hydroxyl groups is 1. The molecule has 9 heteroatoms. The minimum Gasteiger partial charge on any atom is -0.392 e. The predicted octanol–water partition coefficient (Wildman–Crippen LogP) is 4.60. The molecule has 45 heavy (non-hydrogen) atoms. The third-order valence-electron chi connectivity index (χ3n) is 9.42. The molecule has 9 nitrogen and oxygen atoms in total. The Balaban J connectivity index is 1.17. The Morgan fingerprint density at radius 2 is 1.58 bits per heavy atom. The number of hydrogen-bond donors (Lipinski definition) is 3. The molecule has 246 valence electrons. The number of hydrogen-bond acceptors (Lipinski definition) is 7. The number of unbranched alkanes of at least 4 members (excludes halogenated alkanes) is 2. The third kappa shape index (κ3) is 10.3. The monoisotopic (exact) mass is 620 g/mol. The summed E-state index contributed by atoms with van der Waals surface area (Å²) in [6.45, 7) is 8.33. The van der Waals surface area contributed by atoms with Crippen LogP contribution in [0, 0.1) is 0 Å². The van der Waals surface area contributed by atoms with Gasteiger partial charge in [0, 0.05) is 57.5 Å². The molecule has 3 saturated heterocycles. The minimum atomic E-state index is -0.480. The number of benzene rings is 2. The maximum Gasteiger partial charge on any atom is 0.220 e. The Labute approximate surface area is 268 Å². The van der Waals surface area contributed by atoms with Crippen LogP contribution in [0.3, 0.4) is 0 Å². The molecule has 0 aromatic heterocycles. The number of amides is 2. The SMILES string of the molecule is CC(=O)NCCCCCC(=O)NCc1ccc([C@@H]2O[C@H](CN3CCC[C@H]3CN3CCCC3)C[C@H](c3ccc(CO)cc3)O2)cc1. The van der Waals surface area contributed by atoms with Gasteiger partial charge in [-0.2, -0.15) is 0 Å². The molecule has 0 saturated carbocycles. The molecule has 0 aliphatic carbocycles. The number of carbonyl (C=O) groups is 2. The molecule has 0 unspecified atom stereocenters. The van der Waals surface area contributed by atoms with Crippen LogP contribution in [0.15, 0.2) is 48.5 Å². The Bertz CT molecular complexity index is 1200. The van der Waals surface area contributed by atoms with Gasteiger partial charge in [0.1, 0.15) is 0 Å². The highest BCUT2D eigenvalue weighted by Crippen LogP contribution is 2.39. The fraction of sp³-hybridized carbons (Fsp3) is 0.611. The minimum absolute atomic E-state index is 0.0166. The number of nitrogens with one attached hydrogen (secondary N) is 2. The lowest BCUT2D eigenvalue weighted by Crippen LogP contribution is -2.45. The fourth-order valence-electron chi connectivity index (χ4n) is 6.83. The number of likely N-dealkylation sites (tertiary alicyclic amines) is 2. The summed E-state index contributed by atoms with van der Waals surface area (Å²) in [4.78, 5) is 28.6. The fourth-order valence-corrected chi connectivity index (χ4v) is 6.83. The lowest BCUT2D eigenvalue weighted by atomic mass is 9.99. The van der Waals surface area contributed by atoms with Crippen LogP contribution >= 0.6 is 0 Å². The van der Waals surface area contributed by atoms with Gasteiger partial charge in [0.05, 0.1) is 18.8 Å². The van der Waals surface area contributed by atoms with E-state index in [1.807, 2.05) is 24.3 Å². The molecule has 3 heterocycles. The Morgan fingerprint density at radius 3 is 2.31 bits per heavy atom. The summed E-state index contributed by atoms with van der Waals surface area (Å²) >= 11 is 0. The Morgan fingerprint density at radius 1 is 0.844 bits per heavy atom. The van der Waals surface area contributed by atoms with Gasteiger partial charge in [0.15, 0.2) is 6.29 Å². The van der Waals surface area contributed by atoms with E-state index in [-0.39, 0.29) is 30.6 Å². The molecule has 0 bridgehead atoms. The predicted molar refractivity (Wildman–Crippen MR) is 174 cm³/mol. The molecule has 2 amide bonds. The topological polar surface area (TPSA) is 103 Å². The largest absolute Gasteiger partial charge is 0.392 e. The molecule has 3 aliphatic rings. The van der Waals surface area contributed by atoms with Gasteiger partial charge in [-0.3, -0.25) is 14.5 Å². The van der Waals surface area contributed by atoms with E-state index in [1.54, 1.807) is 0 Å². The van der Waals surface area contributed by atoms with Crippen molar-refractivity contribution in [3.63, 3.8) is 0 Å². The molecule has 2 aromatic rings. The molecule has 3 aliphatic heterocycles. The van der Waals surface area contributed by atoms with Crippen LogP contribution < -0.4 is 10.6 Å². The molecular weight excluding hydrogens is 568 g/mol. The van der Waals surface area contributed by atoms with Crippen molar-refractivity contribution in [2.45, 2.75) is 102 Å². The average Bonchev–Trinajstić information content (AvgIpc) is 3.74. The molecule has 2 aromatic carbocycles. The van der Waals surface area contributed by atoms with E-state index in [4.69, 9.17) is 9.47 Å². The Hall–Kier alpha value is -2.82. The first kappa shape index (κ1) is 33.5. The number of carbonyl (C=O) groups excluding carboxylic acids is 2. The van der Waals surface area contributed by atoms with Gasteiger partial charge < -0.3 is 30.1 Å². The quantitative estimate of drug-likeness (QED) is 0.250. The number of ether oxygens (including phenoxy) is 2. The summed E-state index contributed by atoms with van der Waals surface area (Å²) in [5.41, 5.74) is 4.00. The second-order valence-electron chi connectivity index (χ2n) is 13.0. The third-order valence-corrected chi connectivity index (χ3v) is 9.42. The second kappa shape index (κ2) is 17.2. The van der Waals surface area contributed by atoms with Gasteiger partial charge in [-0.15, -0.1) is 0 Å². The molecule has 0 radical (unpaired) electrons. The van der Waals surface area contributed by atoms with Gasteiger partial charge in [0.2, 0.25) is 11.8 Å². The first-order valence-corrected chi connectivity index (χ1v) is 17.0. The van der Waals surface area contributed by atoms with Crippen molar-refractivity contribution in [1.29, 1.82) is 0 Å². The van der Waals surface area contributed by atoms with Crippen molar-refractivity contribution >= 4 is 11.8 Å². The van der Waals surface area contributed by atoms with Crippen molar-refractivity contribution < 1.29 is 24.2 Å². The van der Waals surface area contributed by atoms with Crippen LogP contribution in [0.4, 0.5) is 0 Å². The van der Waals surface area contributed by atoms with Crippen molar-refractivity contribution in [1.82, 2.24) is 20.4 Å². The summed E-state index contributed by atoms with van der Waals surface area (Å²) in [5.74, 6) is 0.0254. The lowest BCUT2D eigenvalue weighted by Gasteiger charge is -2.39. The van der Waals surface area contributed by atoms with E-state index < -0.39 is 6.29 Å². The van der Waals surface area contributed by atoms with E-state index >= 15 is 0 Å². The van der Waals surface area contributed by atoms with Gasteiger partial charge in [-0.05, 0) is 74.8 Å². The highest BCUT2D eigenvalue weighted by molar-refractivity contribution is 5.75. The molecule has 0 spiro atoms. The smallest absolute Gasteiger partial charge is 0.220 e. The van der Waals surface area contributed by atoms with Crippen LogP contribution in [0.1, 0.15) is 99.4 Å². The number of nitrogens with zero attached hydrogens (tertiary/aromatic N) is 2.